The van der Waals surface area contributed by atoms with Gasteiger partial charge in [0.25, 0.3) is 0 Å². The van der Waals surface area contributed by atoms with E-state index in [0.29, 0.717) is 31.4 Å². The second-order valence-electron chi connectivity index (χ2n) is 5.00. The highest BCUT2D eigenvalue weighted by Gasteiger charge is 2.52. The summed E-state index contributed by atoms with van der Waals surface area (Å²) in [6.07, 6.45) is 2.11. The molecule has 0 atom stereocenters. The first-order chi connectivity index (χ1) is 9.60. The lowest BCUT2D eigenvalue weighted by molar-refractivity contribution is -0.140. The van der Waals surface area contributed by atoms with Crippen LogP contribution in [0.3, 0.4) is 0 Å². The molecule has 1 aromatic carbocycles. The SMILES string of the molecule is COC(=O)CCCNC(=O)C1(c2ccccc2F)CC1. The number of amides is 1. The number of benzene rings is 1. The third-order valence-electron chi connectivity index (χ3n) is 3.64. The minimum atomic E-state index is -0.712. The minimum absolute atomic E-state index is 0.160. The molecule has 20 heavy (non-hydrogen) atoms. The van der Waals surface area contributed by atoms with Crippen LogP contribution in [-0.2, 0) is 19.7 Å². The van der Waals surface area contributed by atoms with Crippen molar-refractivity contribution in [3.63, 3.8) is 0 Å². The van der Waals surface area contributed by atoms with Crippen molar-refractivity contribution < 1.29 is 18.7 Å². The summed E-state index contributed by atoms with van der Waals surface area (Å²) in [5.41, 5.74) is -0.248. The van der Waals surface area contributed by atoms with Gasteiger partial charge in [0.1, 0.15) is 5.82 Å². The molecule has 4 nitrogen and oxygen atoms in total. The van der Waals surface area contributed by atoms with Crippen molar-refractivity contribution in [2.45, 2.75) is 31.1 Å². The van der Waals surface area contributed by atoms with E-state index in [9.17, 15) is 14.0 Å². The molecule has 0 saturated heterocycles. The lowest BCUT2D eigenvalue weighted by atomic mass is 9.94. The van der Waals surface area contributed by atoms with E-state index in [0.717, 1.165) is 0 Å². The second-order valence-corrected chi connectivity index (χ2v) is 5.00. The van der Waals surface area contributed by atoms with E-state index in [1.165, 1.54) is 13.2 Å². The average molecular weight is 279 g/mol. The highest BCUT2D eigenvalue weighted by Crippen LogP contribution is 2.49. The van der Waals surface area contributed by atoms with Crippen LogP contribution in [0.4, 0.5) is 4.39 Å². The number of esters is 1. The van der Waals surface area contributed by atoms with Gasteiger partial charge in [-0.3, -0.25) is 9.59 Å². The monoisotopic (exact) mass is 279 g/mol. The van der Waals surface area contributed by atoms with Gasteiger partial charge in [0, 0.05) is 18.5 Å². The third kappa shape index (κ3) is 2.98. The zero-order valence-corrected chi connectivity index (χ0v) is 11.4. The Hall–Kier alpha value is -1.91. The molecule has 108 valence electrons. The maximum atomic E-state index is 13.8. The number of halogens is 1. The van der Waals surface area contributed by atoms with Crippen LogP contribution in [0.15, 0.2) is 24.3 Å². The van der Waals surface area contributed by atoms with Crippen LogP contribution in [0.1, 0.15) is 31.2 Å². The molecule has 1 amide bonds. The molecule has 1 aliphatic rings. The third-order valence-corrected chi connectivity index (χ3v) is 3.64. The van der Waals surface area contributed by atoms with Gasteiger partial charge in [0.15, 0.2) is 0 Å². The molecular formula is C15H18FNO3. The van der Waals surface area contributed by atoms with E-state index in [2.05, 4.69) is 10.1 Å². The van der Waals surface area contributed by atoms with Crippen LogP contribution >= 0.6 is 0 Å². The quantitative estimate of drug-likeness (QED) is 0.639. The number of hydrogen-bond donors (Lipinski definition) is 1. The Morgan fingerprint density at radius 2 is 2.05 bits per heavy atom. The van der Waals surface area contributed by atoms with Crippen molar-refractivity contribution in [1.82, 2.24) is 5.32 Å². The summed E-state index contributed by atoms with van der Waals surface area (Å²) in [6, 6.07) is 6.39. The smallest absolute Gasteiger partial charge is 0.305 e. The van der Waals surface area contributed by atoms with Crippen LogP contribution in [0.25, 0.3) is 0 Å². The predicted molar refractivity (Wildman–Crippen MR) is 71.6 cm³/mol. The van der Waals surface area contributed by atoms with Crippen molar-refractivity contribution in [2.75, 3.05) is 13.7 Å². The Bertz CT molecular complexity index is 512. The Balaban J connectivity index is 1.90. The molecule has 1 fully saturated rings. The molecule has 1 saturated carbocycles. The van der Waals surface area contributed by atoms with Gasteiger partial charge in [-0.05, 0) is 25.3 Å². The van der Waals surface area contributed by atoms with E-state index >= 15 is 0 Å². The molecule has 0 heterocycles. The van der Waals surface area contributed by atoms with Crippen LogP contribution in [0, 0.1) is 5.82 Å². The number of ether oxygens (including phenoxy) is 1. The fourth-order valence-electron chi connectivity index (χ4n) is 2.30. The van der Waals surface area contributed by atoms with Crippen molar-refractivity contribution in [3.05, 3.63) is 35.6 Å². The number of hydrogen-bond acceptors (Lipinski definition) is 3. The van der Waals surface area contributed by atoms with Gasteiger partial charge < -0.3 is 10.1 Å². The van der Waals surface area contributed by atoms with E-state index in [-0.39, 0.29) is 24.1 Å². The van der Waals surface area contributed by atoms with Gasteiger partial charge in [-0.2, -0.15) is 0 Å². The summed E-state index contributed by atoms with van der Waals surface area (Å²) in [5.74, 6) is -0.795. The molecule has 0 radical (unpaired) electrons. The molecular weight excluding hydrogens is 261 g/mol. The Kier molecular flexibility index (Phi) is 4.37. The first kappa shape index (κ1) is 14.5. The molecule has 5 heteroatoms. The number of rotatable bonds is 6. The van der Waals surface area contributed by atoms with Gasteiger partial charge in [-0.1, -0.05) is 18.2 Å². The Morgan fingerprint density at radius 1 is 1.35 bits per heavy atom. The molecule has 0 spiro atoms. The summed E-state index contributed by atoms with van der Waals surface area (Å²) in [5, 5.41) is 2.78. The first-order valence-corrected chi connectivity index (χ1v) is 6.70. The Morgan fingerprint density at radius 3 is 2.65 bits per heavy atom. The van der Waals surface area contributed by atoms with Crippen LogP contribution in [0.2, 0.25) is 0 Å². The topological polar surface area (TPSA) is 55.4 Å². The standard InChI is InChI=1S/C15H18FNO3/c1-20-13(18)7-4-10-17-14(19)15(8-9-15)11-5-2-3-6-12(11)16/h2-3,5-6H,4,7-10H2,1H3,(H,17,19). The molecule has 1 aromatic rings. The van der Waals surface area contributed by atoms with Crippen molar-refractivity contribution in [3.8, 4) is 0 Å². The molecule has 0 unspecified atom stereocenters. The van der Waals surface area contributed by atoms with E-state index in [1.807, 2.05) is 0 Å². The molecule has 1 N–H and O–H groups in total. The van der Waals surface area contributed by atoms with Gasteiger partial charge in [-0.15, -0.1) is 0 Å². The fourth-order valence-corrected chi connectivity index (χ4v) is 2.30. The minimum Gasteiger partial charge on any atom is -0.469 e. The molecule has 2 rings (SSSR count). The van der Waals surface area contributed by atoms with Gasteiger partial charge in [0.2, 0.25) is 5.91 Å². The zero-order valence-electron chi connectivity index (χ0n) is 11.4. The largest absolute Gasteiger partial charge is 0.469 e. The Labute approximate surface area is 117 Å². The highest BCUT2D eigenvalue weighted by molar-refractivity contribution is 5.91. The van der Waals surface area contributed by atoms with Crippen molar-refractivity contribution in [1.29, 1.82) is 0 Å². The molecule has 1 aliphatic carbocycles. The number of carbonyl (C=O) groups is 2. The summed E-state index contributed by atoms with van der Waals surface area (Å²) in [7, 11) is 1.33. The van der Waals surface area contributed by atoms with Crippen molar-refractivity contribution in [2.24, 2.45) is 0 Å². The van der Waals surface area contributed by atoms with Crippen molar-refractivity contribution >= 4 is 11.9 Å². The van der Waals surface area contributed by atoms with Crippen LogP contribution in [-0.4, -0.2) is 25.5 Å². The van der Waals surface area contributed by atoms with E-state index in [4.69, 9.17) is 0 Å². The summed E-state index contributed by atoms with van der Waals surface area (Å²) < 4.78 is 18.3. The number of nitrogens with one attached hydrogen (secondary N) is 1. The maximum Gasteiger partial charge on any atom is 0.305 e. The molecule has 0 bridgehead atoms. The fraction of sp³-hybridized carbons (Fsp3) is 0.467. The highest BCUT2D eigenvalue weighted by atomic mass is 19.1. The van der Waals surface area contributed by atoms with E-state index in [1.54, 1.807) is 18.2 Å². The lowest BCUT2D eigenvalue weighted by Crippen LogP contribution is -2.36. The second kappa shape index (κ2) is 6.03. The molecule has 0 aliphatic heterocycles. The molecule has 0 aromatic heterocycles. The predicted octanol–water partition coefficient (Wildman–Crippen LogP) is 1.93. The maximum absolute atomic E-state index is 13.8. The van der Waals surface area contributed by atoms with Gasteiger partial charge in [0.05, 0.1) is 12.5 Å². The van der Waals surface area contributed by atoms with Crippen LogP contribution < -0.4 is 5.32 Å². The van der Waals surface area contributed by atoms with Crippen LogP contribution in [0.5, 0.6) is 0 Å². The van der Waals surface area contributed by atoms with E-state index < -0.39 is 5.41 Å². The summed E-state index contributed by atoms with van der Waals surface area (Å²) >= 11 is 0. The summed E-state index contributed by atoms with van der Waals surface area (Å²) in [4.78, 5) is 23.1. The number of carbonyl (C=O) groups excluding carboxylic acids is 2. The van der Waals surface area contributed by atoms with Gasteiger partial charge >= 0.3 is 5.97 Å². The number of methoxy groups -OCH3 is 1. The lowest BCUT2D eigenvalue weighted by Gasteiger charge is -2.16. The summed E-state index contributed by atoms with van der Waals surface area (Å²) in [6.45, 7) is 0.393. The van der Waals surface area contributed by atoms with Gasteiger partial charge in [-0.25, -0.2) is 4.39 Å². The average Bonchev–Trinajstić information content (AvgIpc) is 3.25. The first-order valence-electron chi connectivity index (χ1n) is 6.70. The zero-order chi connectivity index (χ0) is 14.6. The normalized spacial score (nSPS) is 15.5.